The number of nitrogens with zero attached hydrogens (tertiary/aromatic N) is 1. The van der Waals surface area contributed by atoms with Crippen LogP contribution in [0.15, 0.2) is 58.5 Å². The Kier molecular flexibility index (Phi) is 5.98. The number of benzene rings is 2. The van der Waals surface area contributed by atoms with Gasteiger partial charge in [-0.2, -0.15) is 18.4 Å². The van der Waals surface area contributed by atoms with Crippen LogP contribution in [0.1, 0.15) is 37.3 Å². The highest BCUT2D eigenvalue weighted by Crippen LogP contribution is 2.21. The summed E-state index contributed by atoms with van der Waals surface area (Å²) in [6, 6.07) is 13.3. The molecule has 5 nitrogen and oxygen atoms in total. The molecule has 128 valence electrons. The zero-order chi connectivity index (χ0) is 17.6. The molecule has 0 spiro atoms. The molecular formula is C18H22N2O3S. The minimum Gasteiger partial charge on any atom is -0.507 e. The highest BCUT2D eigenvalue weighted by Gasteiger charge is 2.14. The molecule has 24 heavy (non-hydrogen) atoms. The largest absolute Gasteiger partial charge is 0.507 e. The topological polar surface area (TPSA) is 78.8 Å². The molecule has 0 aliphatic carbocycles. The van der Waals surface area contributed by atoms with Gasteiger partial charge in [-0.25, -0.2) is 0 Å². The average molecular weight is 346 g/mol. The minimum atomic E-state index is -3.73. The predicted molar refractivity (Wildman–Crippen MR) is 95.7 cm³/mol. The maximum Gasteiger partial charge on any atom is 0.276 e. The smallest absolute Gasteiger partial charge is 0.276 e. The van der Waals surface area contributed by atoms with Crippen molar-refractivity contribution in [3.05, 3.63) is 59.7 Å². The van der Waals surface area contributed by atoms with Gasteiger partial charge in [-0.05, 0) is 44.0 Å². The van der Waals surface area contributed by atoms with E-state index in [1.54, 1.807) is 36.4 Å². The summed E-state index contributed by atoms with van der Waals surface area (Å²) in [5.41, 5.74) is 2.05. The second kappa shape index (κ2) is 7.97. The molecule has 0 saturated heterocycles. The zero-order valence-corrected chi connectivity index (χ0v) is 14.7. The third-order valence-electron chi connectivity index (χ3n) is 3.58. The summed E-state index contributed by atoms with van der Waals surface area (Å²) in [6.45, 7) is 3.95. The molecular weight excluding hydrogens is 324 g/mol. The van der Waals surface area contributed by atoms with Crippen LogP contribution in [-0.4, -0.2) is 19.2 Å². The second-order valence-corrected chi connectivity index (χ2v) is 7.25. The lowest BCUT2D eigenvalue weighted by atomic mass is 10.0. The molecule has 0 atom stereocenters. The summed E-state index contributed by atoms with van der Waals surface area (Å²) in [5, 5.41) is 14.2. The van der Waals surface area contributed by atoms with Gasteiger partial charge in [0.25, 0.3) is 10.0 Å². The van der Waals surface area contributed by atoms with E-state index in [9.17, 15) is 13.5 Å². The number of rotatable bonds is 7. The molecule has 0 fully saturated rings. The minimum absolute atomic E-state index is 0.0920. The monoisotopic (exact) mass is 346 g/mol. The van der Waals surface area contributed by atoms with Crippen molar-refractivity contribution in [2.75, 3.05) is 0 Å². The summed E-state index contributed by atoms with van der Waals surface area (Å²) >= 11 is 0. The first-order valence-electron chi connectivity index (χ1n) is 7.87. The van der Waals surface area contributed by atoms with Gasteiger partial charge in [0.05, 0.1) is 10.6 Å². The second-order valence-electron chi connectivity index (χ2n) is 5.59. The van der Waals surface area contributed by atoms with E-state index in [0.717, 1.165) is 18.4 Å². The molecule has 2 N–H and O–H groups in total. The van der Waals surface area contributed by atoms with Crippen molar-refractivity contribution in [3.63, 3.8) is 0 Å². The van der Waals surface area contributed by atoms with Crippen LogP contribution in [0, 0.1) is 6.92 Å². The van der Waals surface area contributed by atoms with Crippen LogP contribution in [0.4, 0.5) is 0 Å². The first-order chi connectivity index (χ1) is 11.4. The molecule has 0 radical (unpaired) electrons. The van der Waals surface area contributed by atoms with Crippen LogP contribution in [0.25, 0.3) is 0 Å². The van der Waals surface area contributed by atoms with Gasteiger partial charge in [-0.1, -0.05) is 43.2 Å². The third-order valence-corrected chi connectivity index (χ3v) is 4.81. The van der Waals surface area contributed by atoms with Crippen molar-refractivity contribution < 1.29 is 13.5 Å². The third kappa shape index (κ3) is 4.58. The van der Waals surface area contributed by atoms with Gasteiger partial charge in [0.2, 0.25) is 0 Å². The number of hydrazone groups is 1. The van der Waals surface area contributed by atoms with E-state index in [1.165, 1.54) is 12.1 Å². The summed E-state index contributed by atoms with van der Waals surface area (Å²) in [6.07, 6.45) is 2.36. The number of unbranched alkanes of at least 4 members (excludes halogenated alkanes) is 1. The highest BCUT2D eigenvalue weighted by atomic mass is 32.2. The van der Waals surface area contributed by atoms with Gasteiger partial charge in [0.15, 0.2) is 0 Å². The normalized spacial score (nSPS) is 12.2. The molecule has 0 saturated carbocycles. The fourth-order valence-corrected chi connectivity index (χ4v) is 3.09. The van der Waals surface area contributed by atoms with Crippen molar-refractivity contribution in [3.8, 4) is 5.75 Å². The average Bonchev–Trinajstić information content (AvgIpc) is 2.58. The molecule has 6 heteroatoms. The van der Waals surface area contributed by atoms with Crippen LogP contribution < -0.4 is 4.83 Å². The molecule has 0 aliphatic rings. The standard InChI is InChI=1S/C18H22N2O3S/c1-3-4-10-17(16-13-14(2)11-12-18(16)21)19-20-24(22,23)15-8-6-5-7-9-15/h5-9,11-13,20-21H,3-4,10H2,1-2H3/b19-17+. The van der Waals surface area contributed by atoms with Gasteiger partial charge >= 0.3 is 0 Å². The first kappa shape index (κ1) is 18.0. The van der Waals surface area contributed by atoms with Crippen LogP contribution in [-0.2, 0) is 10.0 Å². The van der Waals surface area contributed by atoms with Gasteiger partial charge in [0, 0.05) is 5.56 Å². The summed E-state index contributed by atoms with van der Waals surface area (Å²) < 4.78 is 24.6. The predicted octanol–water partition coefficient (Wildman–Crippen LogP) is 3.57. The molecule has 0 bridgehead atoms. The Morgan fingerprint density at radius 1 is 1.17 bits per heavy atom. The number of aryl methyl sites for hydroxylation is 1. The molecule has 0 unspecified atom stereocenters. The number of phenols is 1. The Hall–Kier alpha value is -2.34. The van der Waals surface area contributed by atoms with E-state index in [4.69, 9.17) is 0 Å². The molecule has 2 rings (SSSR count). The van der Waals surface area contributed by atoms with Crippen molar-refractivity contribution in [1.29, 1.82) is 0 Å². The van der Waals surface area contributed by atoms with E-state index in [2.05, 4.69) is 9.93 Å². The fourth-order valence-electron chi connectivity index (χ4n) is 2.24. The lowest BCUT2D eigenvalue weighted by Crippen LogP contribution is -2.20. The van der Waals surface area contributed by atoms with Crippen molar-refractivity contribution in [1.82, 2.24) is 4.83 Å². The lowest BCUT2D eigenvalue weighted by molar-refractivity contribution is 0.473. The number of sulfonamides is 1. The number of nitrogens with one attached hydrogen (secondary N) is 1. The van der Waals surface area contributed by atoms with Crippen LogP contribution in [0.2, 0.25) is 0 Å². The molecule has 0 aliphatic heterocycles. The lowest BCUT2D eigenvalue weighted by Gasteiger charge is -2.11. The summed E-state index contributed by atoms with van der Waals surface area (Å²) in [5.74, 6) is 0.0920. The first-order valence-corrected chi connectivity index (χ1v) is 9.35. The van der Waals surface area contributed by atoms with Crippen molar-refractivity contribution >= 4 is 15.7 Å². The maximum atomic E-state index is 12.3. The quantitative estimate of drug-likeness (QED) is 0.594. The number of aromatic hydroxyl groups is 1. The van der Waals surface area contributed by atoms with E-state index in [1.807, 2.05) is 13.8 Å². The molecule has 0 heterocycles. The van der Waals surface area contributed by atoms with E-state index >= 15 is 0 Å². The molecule has 0 amide bonds. The SMILES string of the molecule is CCCC/C(=N\NS(=O)(=O)c1ccccc1)c1cc(C)ccc1O. The molecule has 0 aromatic heterocycles. The fraction of sp³-hybridized carbons (Fsp3) is 0.278. The van der Waals surface area contributed by atoms with Gasteiger partial charge in [-0.3, -0.25) is 0 Å². The van der Waals surface area contributed by atoms with E-state index in [-0.39, 0.29) is 10.6 Å². The van der Waals surface area contributed by atoms with Crippen molar-refractivity contribution in [2.45, 2.75) is 38.0 Å². The Morgan fingerprint density at radius 3 is 2.54 bits per heavy atom. The van der Waals surface area contributed by atoms with Gasteiger partial charge in [0.1, 0.15) is 5.75 Å². The zero-order valence-electron chi connectivity index (χ0n) is 13.9. The number of hydrogen-bond donors (Lipinski definition) is 2. The van der Waals surface area contributed by atoms with Crippen molar-refractivity contribution in [2.24, 2.45) is 5.10 Å². The van der Waals surface area contributed by atoms with E-state index < -0.39 is 10.0 Å². The molecule has 2 aromatic carbocycles. The molecule has 2 aromatic rings. The highest BCUT2D eigenvalue weighted by molar-refractivity contribution is 7.89. The Bertz CT molecular complexity index is 815. The van der Waals surface area contributed by atoms with Crippen LogP contribution in [0.5, 0.6) is 5.75 Å². The van der Waals surface area contributed by atoms with Gasteiger partial charge in [-0.15, -0.1) is 0 Å². The van der Waals surface area contributed by atoms with E-state index in [0.29, 0.717) is 17.7 Å². The number of hydrogen-bond acceptors (Lipinski definition) is 4. The Labute approximate surface area is 143 Å². The Morgan fingerprint density at radius 2 is 1.88 bits per heavy atom. The summed E-state index contributed by atoms with van der Waals surface area (Å²) in [7, 11) is -3.73. The maximum absolute atomic E-state index is 12.3. The Balaban J connectivity index is 2.34. The van der Waals surface area contributed by atoms with Crippen LogP contribution in [0.3, 0.4) is 0 Å². The summed E-state index contributed by atoms with van der Waals surface area (Å²) in [4.78, 5) is 2.43. The van der Waals surface area contributed by atoms with Crippen LogP contribution >= 0.6 is 0 Å². The number of phenolic OH excluding ortho intramolecular Hbond substituents is 1. The van der Waals surface area contributed by atoms with Gasteiger partial charge < -0.3 is 5.11 Å².